The quantitative estimate of drug-likeness (QED) is 0.410. The van der Waals surface area contributed by atoms with Gasteiger partial charge in [0.2, 0.25) is 0 Å². The van der Waals surface area contributed by atoms with Crippen molar-refractivity contribution in [2.24, 2.45) is 11.8 Å². The number of nitrogens with one attached hydrogen (secondary N) is 1. The summed E-state index contributed by atoms with van der Waals surface area (Å²) < 4.78 is 5.12. The topological polar surface area (TPSA) is 102 Å². The number of nitro groups is 1. The number of carbonyl (C=O) groups excluding carboxylic acids is 2. The molecule has 1 rings (SSSR count). The van der Waals surface area contributed by atoms with Crippen molar-refractivity contribution in [2.45, 2.75) is 27.7 Å². The van der Waals surface area contributed by atoms with Crippen molar-refractivity contribution in [1.82, 2.24) is 4.90 Å². The van der Waals surface area contributed by atoms with Crippen LogP contribution in [0.4, 0.5) is 11.4 Å². The van der Waals surface area contributed by atoms with Gasteiger partial charge in [0.25, 0.3) is 11.6 Å². The Labute approximate surface area is 153 Å². The van der Waals surface area contributed by atoms with Crippen molar-refractivity contribution in [3.8, 4) is 0 Å². The van der Waals surface area contributed by atoms with Crippen molar-refractivity contribution in [3.05, 3.63) is 33.9 Å². The molecule has 0 heterocycles. The number of amides is 1. The number of nitrogens with zero attached hydrogens (tertiary/aromatic N) is 2. The van der Waals surface area contributed by atoms with E-state index in [0.717, 1.165) is 6.07 Å². The van der Waals surface area contributed by atoms with E-state index in [-0.39, 0.29) is 17.2 Å². The molecule has 0 saturated carbocycles. The van der Waals surface area contributed by atoms with E-state index in [4.69, 9.17) is 4.74 Å². The van der Waals surface area contributed by atoms with Crippen LogP contribution in [0.3, 0.4) is 0 Å². The zero-order valence-electron chi connectivity index (χ0n) is 15.9. The molecule has 0 spiro atoms. The summed E-state index contributed by atoms with van der Waals surface area (Å²) in [6.45, 7) is 8.79. The molecule has 0 aliphatic carbocycles. The van der Waals surface area contributed by atoms with Gasteiger partial charge < -0.3 is 15.0 Å². The highest BCUT2D eigenvalue weighted by Gasteiger charge is 2.21. The van der Waals surface area contributed by atoms with Crippen LogP contribution < -0.4 is 5.32 Å². The third-order valence-electron chi connectivity index (χ3n) is 3.55. The summed E-state index contributed by atoms with van der Waals surface area (Å²) in [6, 6.07) is 3.86. The maximum atomic E-state index is 12.4. The molecular weight excluding hydrogens is 338 g/mol. The van der Waals surface area contributed by atoms with Crippen LogP contribution in [0.2, 0.25) is 0 Å². The van der Waals surface area contributed by atoms with Gasteiger partial charge in [-0.3, -0.25) is 14.9 Å². The van der Waals surface area contributed by atoms with Crippen LogP contribution in [-0.4, -0.2) is 48.4 Å². The Kier molecular flexibility index (Phi) is 8.02. The second-order valence-corrected chi connectivity index (χ2v) is 6.90. The number of rotatable bonds is 9. The average Bonchev–Trinajstić information content (AvgIpc) is 2.57. The first-order valence-corrected chi connectivity index (χ1v) is 8.56. The lowest BCUT2D eigenvalue weighted by atomic mass is 10.1. The van der Waals surface area contributed by atoms with Crippen molar-refractivity contribution in [3.63, 3.8) is 0 Å². The molecule has 0 bridgehead atoms. The maximum absolute atomic E-state index is 12.4. The Balaban J connectivity index is 2.85. The van der Waals surface area contributed by atoms with Crippen LogP contribution in [0.5, 0.6) is 0 Å². The zero-order valence-corrected chi connectivity index (χ0v) is 15.9. The Hall–Kier alpha value is -2.64. The number of non-ortho nitro benzene ring substituents is 1. The molecular formula is C18H27N3O5. The third-order valence-corrected chi connectivity index (χ3v) is 3.55. The molecule has 144 valence electrons. The van der Waals surface area contributed by atoms with Crippen LogP contribution in [0.25, 0.3) is 0 Å². The largest absolute Gasteiger partial charge is 0.452 e. The van der Waals surface area contributed by atoms with Gasteiger partial charge in [-0.25, -0.2) is 4.79 Å². The first-order valence-electron chi connectivity index (χ1n) is 8.56. The van der Waals surface area contributed by atoms with Gasteiger partial charge in [-0.05, 0) is 17.9 Å². The first kappa shape index (κ1) is 21.4. The molecule has 0 aromatic heterocycles. The summed E-state index contributed by atoms with van der Waals surface area (Å²) >= 11 is 0. The van der Waals surface area contributed by atoms with Gasteiger partial charge >= 0.3 is 5.97 Å². The zero-order chi connectivity index (χ0) is 19.9. The van der Waals surface area contributed by atoms with Gasteiger partial charge in [0.1, 0.15) is 0 Å². The highest BCUT2D eigenvalue weighted by Crippen LogP contribution is 2.22. The number of nitro benzene ring substituents is 1. The van der Waals surface area contributed by atoms with E-state index in [9.17, 15) is 19.7 Å². The summed E-state index contributed by atoms with van der Waals surface area (Å²) in [5.41, 5.74) is 0.201. The van der Waals surface area contributed by atoms with E-state index in [2.05, 4.69) is 5.32 Å². The van der Waals surface area contributed by atoms with E-state index < -0.39 is 17.5 Å². The van der Waals surface area contributed by atoms with E-state index in [1.807, 2.05) is 27.7 Å². The van der Waals surface area contributed by atoms with Crippen LogP contribution in [0.1, 0.15) is 38.1 Å². The van der Waals surface area contributed by atoms with Crippen molar-refractivity contribution < 1.29 is 19.2 Å². The number of hydrogen-bond acceptors (Lipinski definition) is 6. The number of anilines is 1. The van der Waals surface area contributed by atoms with E-state index in [1.165, 1.54) is 12.1 Å². The minimum absolute atomic E-state index is 0.0220. The Morgan fingerprint density at radius 1 is 1.19 bits per heavy atom. The number of esters is 1. The SMILES string of the molecule is CNc1ccc([N+](=O)[O-])cc1C(=O)OCC(=O)N(CC(C)C)CC(C)C. The lowest BCUT2D eigenvalue weighted by Gasteiger charge is -2.26. The lowest BCUT2D eigenvalue weighted by Crippen LogP contribution is -2.39. The van der Waals surface area contributed by atoms with E-state index in [0.29, 0.717) is 30.6 Å². The summed E-state index contributed by atoms with van der Waals surface area (Å²) in [4.78, 5) is 36.7. The molecule has 0 fully saturated rings. The summed E-state index contributed by atoms with van der Waals surface area (Å²) in [5, 5.41) is 13.7. The third kappa shape index (κ3) is 6.34. The Morgan fingerprint density at radius 2 is 1.77 bits per heavy atom. The summed E-state index contributed by atoms with van der Waals surface area (Å²) in [5.74, 6) is -0.472. The van der Waals surface area contributed by atoms with E-state index >= 15 is 0 Å². The van der Waals surface area contributed by atoms with Gasteiger partial charge in [0, 0.05) is 38.0 Å². The van der Waals surface area contributed by atoms with Crippen molar-refractivity contribution in [2.75, 3.05) is 32.1 Å². The number of benzene rings is 1. The first-order chi connectivity index (χ1) is 12.1. The molecule has 26 heavy (non-hydrogen) atoms. The second-order valence-electron chi connectivity index (χ2n) is 6.90. The van der Waals surface area contributed by atoms with Gasteiger partial charge in [0.05, 0.1) is 10.5 Å². The van der Waals surface area contributed by atoms with Crippen molar-refractivity contribution >= 4 is 23.3 Å². The molecule has 0 unspecified atom stereocenters. The standard InChI is InChI=1S/C18H27N3O5/c1-12(2)9-20(10-13(3)4)17(22)11-26-18(23)15-8-14(21(24)25)6-7-16(15)19-5/h6-8,12-13,19H,9-11H2,1-5H3. The average molecular weight is 365 g/mol. The Bertz CT molecular complexity index is 648. The van der Waals surface area contributed by atoms with Crippen LogP contribution in [0.15, 0.2) is 18.2 Å². The van der Waals surface area contributed by atoms with Gasteiger partial charge in [0.15, 0.2) is 6.61 Å². The number of carbonyl (C=O) groups is 2. The minimum Gasteiger partial charge on any atom is -0.452 e. The molecule has 0 saturated heterocycles. The minimum atomic E-state index is -0.777. The molecule has 0 radical (unpaired) electrons. The summed E-state index contributed by atoms with van der Waals surface area (Å²) in [6.07, 6.45) is 0. The monoisotopic (exact) mass is 365 g/mol. The second kappa shape index (κ2) is 9.74. The molecule has 1 aromatic carbocycles. The molecule has 8 heteroatoms. The Morgan fingerprint density at radius 3 is 2.23 bits per heavy atom. The molecule has 1 aromatic rings. The molecule has 8 nitrogen and oxygen atoms in total. The van der Waals surface area contributed by atoms with Gasteiger partial charge in [-0.1, -0.05) is 27.7 Å². The van der Waals surface area contributed by atoms with Crippen molar-refractivity contribution in [1.29, 1.82) is 0 Å². The molecule has 1 N–H and O–H groups in total. The van der Waals surface area contributed by atoms with Gasteiger partial charge in [-0.15, -0.1) is 0 Å². The van der Waals surface area contributed by atoms with E-state index in [1.54, 1.807) is 11.9 Å². The highest BCUT2D eigenvalue weighted by atomic mass is 16.6. The maximum Gasteiger partial charge on any atom is 0.341 e. The van der Waals surface area contributed by atoms with Crippen LogP contribution in [-0.2, 0) is 9.53 Å². The molecule has 0 atom stereocenters. The highest BCUT2D eigenvalue weighted by molar-refractivity contribution is 5.97. The van der Waals surface area contributed by atoms with Gasteiger partial charge in [-0.2, -0.15) is 0 Å². The number of hydrogen-bond donors (Lipinski definition) is 1. The predicted octanol–water partition coefficient (Wildman–Crippen LogP) is 2.93. The predicted molar refractivity (Wildman–Crippen MR) is 99.2 cm³/mol. The summed E-state index contributed by atoms with van der Waals surface area (Å²) in [7, 11) is 1.59. The fourth-order valence-corrected chi connectivity index (χ4v) is 2.49. The van der Waals surface area contributed by atoms with Crippen LogP contribution >= 0.6 is 0 Å². The molecule has 0 aliphatic rings. The smallest absolute Gasteiger partial charge is 0.341 e. The number of ether oxygens (including phenoxy) is 1. The van der Waals surface area contributed by atoms with Crippen LogP contribution in [0, 0.1) is 22.0 Å². The molecule has 0 aliphatic heterocycles. The molecule has 1 amide bonds. The lowest BCUT2D eigenvalue weighted by molar-refractivity contribution is -0.384. The fraction of sp³-hybridized carbons (Fsp3) is 0.556. The normalized spacial score (nSPS) is 10.7. The fourth-order valence-electron chi connectivity index (χ4n) is 2.49.